The van der Waals surface area contributed by atoms with Gasteiger partial charge in [-0.3, -0.25) is 0 Å². The Morgan fingerprint density at radius 3 is 0.793 bits per heavy atom. The lowest BCUT2D eigenvalue weighted by Crippen LogP contribution is -2.08. The molecule has 0 aliphatic heterocycles. The van der Waals surface area contributed by atoms with Crippen LogP contribution in [0.2, 0.25) is 0 Å². The molecule has 0 saturated heterocycles. The molecule has 0 nitrogen and oxygen atoms in total. The van der Waals surface area contributed by atoms with Gasteiger partial charge in [0.15, 0.2) is 0 Å². The number of unbranched alkanes of at least 4 members (excludes halogenated alkanes) is 18. The van der Waals surface area contributed by atoms with Gasteiger partial charge in [-0.1, -0.05) is 145 Å². The Morgan fingerprint density at radius 2 is 0.552 bits per heavy atom. The molecule has 0 aromatic carbocycles. The van der Waals surface area contributed by atoms with Crippen LogP contribution in [0.15, 0.2) is 0 Å². The fourth-order valence-corrected chi connectivity index (χ4v) is 8.80. The van der Waals surface area contributed by atoms with Gasteiger partial charge in [0.05, 0.1) is 0 Å². The Kier molecular flexibility index (Phi) is 24.1. The second kappa shape index (κ2) is 23.4. The summed E-state index contributed by atoms with van der Waals surface area (Å²) in [6.45, 7) is 6.96. The molecule has 0 aromatic rings. The van der Waals surface area contributed by atoms with Crippen LogP contribution in [0, 0.1) is 0 Å². The average Bonchev–Trinajstić information content (AvgIpc) is 2.72. The van der Waals surface area contributed by atoms with E-state index in [4.69, 9.17) is 0 Å². The summed E-state index contributed by atoms with van der Waals surface area (Å²) in [6.07, 6.45) is 30.6. The van der Waals surface area contributed by atoms with Gasteiger partial charge in [0.1, 0.15) is 0 Å². The van der Waals surface area contributed by atoms with Crippen LogP contribution in [-0.2, 0) is 0 Å². The molecule has 0 aliphatic rings. The maximum atomic E-state index is 3.45. The second-order valence-corrected chi connectivity index (χ2v) is 16.0. The maximum absolute atomic E-state index is 3.45. The lowest BCUT2D eigenvalue weighted by atomic mass is 10.1. The Hall–Kier alpha value is 0.780. The quantitative estimate of drug-likeness (QED) is 0.102. The normalized spacial score (nSPS) is 12.6. The predicted molar refractivity (Wildman–Crippen MR) is 146 cm³/mol. The van der Waals surface area contributed by atoms with Crippen LogP contribution in [0.25, 0.3) is 0 Å². The van der Waals surface area contributed by atoms with Crippen LogP contribution < -0.4 is 0 Å². The molecule has 0 bridgehead atoms. The van der Waals surface area contributed by atoms with Crippen LogP contribution in [0.3, 0.4) is 0 Å². The fourth-order valence-electron chi connectivity index (χ4n) is 4.35. The van der Waals surface area contributed by atoms with Crippen molar-refractivity contribution in [2.45, 2.75) is 156 Å². The minimum atomic E-state index is -0.415. The summed E-state index contributed by atoms with van der Waals surface area (Å²) in [5.74, 6) is 4.62. The van der Waals surface area contributed by atoms with E-state index in [0.29, 0.717) is 0 Å². The van der Waals surface area contributed by atoms with Gasteiger partial charge in [-0.25, -0.2) is 9.65 Å². The van der Waals surface area contributed by atoms with Crippen molar-refractivity contribution < 1.29 is 0 Å². The Balaban J connectivity index is 4.03. The highest BCUT2D eigenvalue weighted by Gasteiger charge is 2.17. The second-order valence-electron chi connectivity index (χ2n) is 9.59. The van der Waals surface area contributed by atoms with Crippen molar-refractivity contribution in [1.29, 1.82) is 0 Å². The molecule has 1 atom stereocenters. The maximum Gasteiger partial charge on any atom is -0.0197 e. The predicted octanol–water partition coefficient (Wildman–Crippen LogP) is 10.8. The van der Waals surface area contributed by atoms with E-state index in [0.717, 1.165) is 0 Å². The molecule has 0 saturated carbocycles. The third-order valence-corrected chi connectivity index (χ3v) is 11.9. The van der Waals surface area contributed by atoms with E-state index in [9.17, 15) is 0 Å². The summed E-state index contributed by atoms with van der Waals surface area (Å²) < 4.78 is 0. The van der Waals surface area contributed by atoms with E-state index in [1.54, 1.807) is 0 Å². The highest BCUT2D eigenvalue weighted by Crippen LogP contribution is 2.58. The summed E-state index contributed by atoms with van der Waals surface area (Å²) in [5.41, 5.74) is 0. The third-order valence-electron chi connectivity index (χ3n) is 6.46. The van der Waals surface area contributed by atoms with Crippen molar-refractivity contribution in [2.24, 2.45) is 0 Å². The van der Waals surface area contributed by atoms with Crippen molar-refractivity contribution >= 4 is 18.1 Å². The van der Waals surface area contributed by atoms with Crippen LogP contribution >= 0.6 is 18.1 Å². The summed E-state index contributed by atoms with van der Waals surface area (Å²) in [6, 6.07) is 0. The van der Waals surface area contributed by atoms with E-state index in [1.165, 1.54) is 152 Å². The molecule has 0 aromatic heterocycles. The van der Waals surface area contributed by atoms with E-state index in [1.807, 2.05) is 0 Å². The van der Waals surface area contributed by atoms with Gasteiger partial charge in [0.2, 0.25) is 0 Å². The summed E-state index contributed by atoms with van der Waals surface area (Å²) in [4.78, 5) is 0. The minimum absolute atomic E-state index is 0.415. The van der Waals surface area contributed by atoms with Gasteiger partial charge in [-0.2, -0.15) is 0 Å². The zero-order valence-electron chi connectivity index (χ0n) is 21.0. The van der Waals surface area contributed by atoms with Gasteiger partial charge in [0, 0.05) is 0 Å². The third kappa shape index (κ3) is 21.8. The van der Waals surface area contributed by atoms with E-state index in [-0.39, 0.29) is 0 Å². The van der Waals surface area contributed by atoms with Gasteiger partial charge in [-0.15, -0.1) is 0 Å². The Labute approximate surface area is 190 Å². The first-order valence-electron chi connectivity index (χ1n) is 13.7. The molecule has 0 heterocycles. The molecular formula is C27H59PS. The molecule has 0 fully saturated rings. The smallest absolute Gasteiger partial charge is 0.0197 e. The minimum Gasteiger partial charge on any atom is -0.226 e. The highest BCUT2D eigenvalue weighted by atomic mass is 32.8. The molecule has 0 radical (unpaired) electrons. The molecule has 0 N–H and O–H groups in total. The van der Waals surface area contributed by atoms with Gasteiger partial charge >= 0.3 is 0 Å². The lowest BCUT2D eigenvalue weighted by Gasteiger charge is -2.36. The molecular weight excluding hydrogens is 387 g/mol. The monoisotopic (exact) mass is 446 g/mol. The molecule has 29 heavy (non-hydrogen) atoms. The first-order chi connectivity index (χ1) is 14.2. The SMILES string of the molecule is CCCCCCCCCS(P)(CCCCCCCCC)CCCCCCCCC. The number of hydrogen-bond acceptors (Lipinski definition) is 0. The van der Waals surface area contributed by atoms with Crippen molar-refractivity contribution in [2.75, 3.05) is 17.3 Å². The fraction of sp³-hybridized carbons (Fsp3) is 1.00. The Bertz CT molecular complexity index is 259. The summed E-state index contributed by atoms with van der Waals surface area (Å²) in [5, 5.41) is 0. The van der Waals surface area contributed by atoms with E-state index >= 15 is 0 Å². The highest BCUT2D eigenvalue weighted by molar-refractivity contribution is 8.68. The van der Waals surface area contributed by atoms with Crippen LogP contribution in [0.1, 0.15) is 156 Å². The first-order valence-corrected chi connectivity index (χ1v) is 17.3. The van der Waals surface area contributed by atoms with Crippen LogP contribution in [0.5, 0.6) is 0 Å². The Morgan fingerprint density at radius 1 is 0.345 bits per heavy atom. The molecule has 0 spiro atoms. The standard InChI is InChI=1S/C27H59PS/c1-4-7-10-13-16-19-22-25-29(28,26-23-20-17-14-11-8-5-2)27-24-21-18-15-12-9-6-3/h4-28H2,1-3H3. The largest absolute Gasteiger partial charge is 0.226 e. The van der Waals surface area contributed by atoms with Gasteiger partial charge in [-0.05, 0) is 36.5 Å². The average molecular weight is 447 g/mol. The molecule has 0 aliphatic carbocycles. The van der Waals surface area contributed by atoms with Crippen molar-refractivity contribution in [1.82, 2.24) is 0 Å². The van der Waals surface area contributed by atoms with E-state index < -0.39 is 9.65 Å². The van der Waals surface area contributed by atoms with Crippen molar-refractivity contribution in [3.05, 3.63) is 0 Å². The first kappa shape index (κ1) is 29.8. The molecule has 0 rings (SSSR count). The summed E-state index contributed by atoms with van der Waals surface area (Å²) >= 11 is 0. The number of rotatable bonds is 24. The van der Waals surface area contributed by atoms with Crippen LogP contribution in [-0.4, -0.2) is 17.3 Å². The van der Waals surface area contributed by atoms with Crippen LogP contribution in [0.4, 0.5) is 0 Å². The van der Waals surface area contributed by atoms with Gasteiger partial charge < -0.3 is 0 Å². The molecule has 178 valence electrons. The zero-order valence-corrected chi connectivity index (χ0v) is 22.9. The van der Waals surface area contributed by atoms with Crippen molar-refractivity contribution in [3.8, 4) is 0 Å². The number of hydrogen-bond donors (Lipinski definition) is 0. The zero-order chi connectivity index (χ0) is 21.5. The van der Waals surface area contributed by atoms with Gasteiger partial charge in [0.25, 0.3) is 0 Å². The topological polar surface area (TPSA) is 0 Å². The molecule has 1 unspecified atom stereocenters. The molecule has 2 heteroatoms. The van der Waals surface area contributed by atoms with Crippen molar-refractivity contribution in [3.63, 3.8) is 0 Å². The van der Waals surface area contributed by atoms with E-state index in [2.05, 4.69) is 29.2 Å². The summed E-state index contributed by atoms with van der Waals surface area (Å²) in [7, 11) is 3.03. The lowest BCUT2D eigenvalue weighted by molar-refractivity contribution is 0.598. The molecule has 0 amide bonds.